The number of piperidine rings is 1. The fraction of sp³-hybridized carbons (Fsp3) is 0.750. The summed E-state index contributed by atoms with van der Waals surface area (Å²) in [6.07, 6.45) is 3.41. The van der Waals surface area contributed by atoms with Gasteiger partial charge in [0, 0.05) is 0 Å². The average molecular weight is 189 g/mol. The molecule has 0 aromatic rings. The molecule has 0 aromatic carbocycles. The van der Waals surface area contributed by atoms with E-state index in [4.69, 9.17) is 10.2 Å². The van der Waals surface area contributed by atoms with Gasteiger partial charge in [-0.15, -0.1) is 0 Å². The molecule has 5 nitrogen and oxygen atoms in total. The van der Waals surface area contributed by atoms with E-state index < -0.39 is 18.4 Å². The van der Waals surface area contributed by atoms with Gasteiger partial charge in [0.25, 0.3) is 0 Å². The Morgan fingerprint density at radius 2 is 1.46 bits per heavy atom. The van der Waals surface area contributed by atoms with E-state index in [-0.39, 0.29) is 0 Å². The zero-order valence-corrected chi connectivity index (χ0v) is 7.45. The van der Waals surface area contributed by atoms with Crippen molar-refractivity contribution >= 4 is 11.9 Å². The van der Waals surface area contributed by atoms with Crippen molar-refractivity contribution in [3.8, 4) is 0 Å². The van der Waals surface area contributed by atoms with Crippen LogP contribution in [0.3, 0.4) is 0 Å². The summed E-state index contributed by atoms with van der Waals surface area (Å²) in [6.45, 7) is 2.50. The van der Waals surface area contributed by atoms with Crippen LogP contribution in [0, 0.1) is 0 Å². The van der Waals surface area contributed by atoms with Crippen molar-refractivity contribution in [3.05, 3.63) is 0 Å². The monoisotopic (exact) mass is 189 g/mol. The highest BCUT2D eigenvalue weighted by atomic mass is 16.4. The van der Waals surface area contributed by atoms with Crippen LogP contribution in [0.2, 0.25) is 0 Å². The summed E-state index contributed by atoms with van der Waals surface area (Å²) in [5.41, 5.74) is 0. The Morgan fingerprint density at radius 3 is 1.54 bits per heavy atom. The topological polar surface area (TPSA) is 86.6 Å². The molecule has 0 radical (unpaired) electrons. The third-order valence-electron chi connectivity index (χ3n) is 1.51. The molecule has 1 fully saturated rings. The van der Waals surface area contributed by atoms with E-state index in [0.717, 1.165) is 0 Å². The van der Waals surface area contributed by atoms with Crippen LogP contribution in [-0.4, -0.2) is 35.2 Å². The lowest BCUT2D eigenvalue weighted by molar-refractivity contribution is -0.147. The summed E-state index contributed by atoms with van der Waals surface area (Å²) >= 11 is 0. The number of carboxylic acids is 2. The Kier molecular flexibility index (Phi) is 6.91. The summed E-state index contributed by atoms with van der Waals surface area (Å²) in [6, 6.07) is 0. The Bertz CT molecular complexity index is 142. The molecule has 0 amide bonds. The minimum absolute atomic E-state index is 0.806. The molecule has 0 aliphatic carbocycles. The van der Waals surface area contributed by atoms with E-state index in [0.29, 0.717) is 0 Å². The van der Waals surface area contributed by atoms with Gasteiger partial charge in [-0.3, -0.25) is 9.59 Å². The van der Waals surface area contributed by atoms with E-state index in [1.807, 2.05) is 0 Å². The fourth-order valence-electron chi connectivity index (χ4n) is 0.931. The second kappa shape index (κ2) is 7.54. The van der Waals surface area contributed by atoms with Gasteiger partial charge >= 0.3 is 11.9 Å². The predicted octanol–water partition coefficient (Wildman–Crippen LogP) is 0.306. The maximum atomic E-state index is 9.43. The molecule has 0 aromatic heterocycles. The average Bonchev–Trinajstić information content (AvgIpc) is 2.06. The standard InChI is InChI=1S/C5H11N.C3H4O4/c1-2-4-6-5-3-1;4-2(5)1-3(6)7/h6H,1-5H2;1H2,(H,4,5)(H,6,7). The van der Waals surface area contributed by atoms with Gasteiger partial charge < -0.3 is 15.5 Å². The molecule has 13 heavy (non-hydrogen) atoms. The lowest BCUT2D eigenvalue weighted by Gasteiger charge is -2.08. The van der Waals surface area contributed by atoms with Gasteiger partial charge in [-0.2, -0.15) is 0 Å². The maximum absolute atomic E-state index is 9.43. The van der Waals surface area contributed by atoms with Gasteiger partial charge in [0.15, 0.2) is 0 Å². The quantitative estimate of drug-likeness (QED) is 0.544. The smallest absolute Gasteiger partial charge is 0.314 e. The van der Waals surface area contributed by atoms with Gasteiger partial charge in [-0.25, -0.2) is 0 Å². The Hall–Kier alpha value is -1.10. The van der Waals surface area contributed by atoms with E-state index in [9.17, 15) is 9.59 Å². The zero-order valence-electron chi connectivity index (χ0n) is 7.45. The van der Waals surface area contributed by atoms with Crippen molar-refractivity contribution in [3.63, 3.8) is 0 Å². The second-order valence-corrected chi connectivity index (χ2v) is 2.77. The predicted molar refractivity (Wildman–Crippen MR) is 46.6 cm³/mol. The molecule has 1 aliphatic rings. The molecule has 0 saturated carbocycles. The van der Waals surface area contributed by atoms with E-state index >= 15 is 0 Å². The molecular formula is C8H15NO4. The fourth-order valence-corrected chi connectivity index (χ4v) is 0.931. The normalized spacial score (nSPS) is 15.4. The Balaban J connectivity index is 0.000000223. The Labute approximate surface area is 76.8 Å². The van der Waals surface area contributed by atoms with Gasteiger partial charge in [-0.05, 0) is 25.9 Å². The lowest BCUT2D eigenvalue weighted by atomic mass is 10.2. The highest BCUT2D eigenvalue weighted by molar-refractivity contribution is 5.88. The molecule has 0 spiro atoms. The van der Waals surface area contributed by atoms with Crippen molar-refractivity contribution in [1.82, 2.24) is 5.32 Å². The van der Waals surface area contributed by atoms with E-state index in [1.54, 1.807) is 0 Å². The first-order valence-corrected chi connectivity index (χ1v) is 4.27. The van der Waals surface area contributed by atoms with Crippen LogP contribution in [0.4, 0.5) is 0 Å². The first-order chi connectivity index (χ1) is 6.13. The zero-order chi connectivity index (χ0) is 10.1. The van der Waals surface area contributed by atoms with Crippen molar-refractivity contribution in [1.29, 1.82) is 0 Å². The van der Waals surface area contributed by atoms with E-state index in [1.165, 1.54) is 32.4 Å². The first-order valence-electron chi connectivity index (χ1n) is 4.27. The molecule has 0 bridgehead atoms. The Morgan fingerprint density at radius 1 is 1.00 bits per heavy atom. The largest absolute Gasteiger partial charge is 0.481 e. The highest BCUT2D eigenvalue weighted by Crippen LogP contribution is 1.96. The lowest BCUT2D eigenvalue weighted by Crippen LogP contribution is -2.21. The third kappa shape index (κ3) is 10.9. The third-order valence-corrected chi connectivity index (χ3v) is 1.51. The van der Waals surface area contributed by atoms with Crippen LogP contribution in [0.25, 0.3) is 0 Å². The summed E-state index contributed by atoms with van der Waals surface area (Å²) < 4.78 is 0. The van der Waals surface area contributed by atoms with Gasteiger partial charge in [-0.1, -0.05) is 6.42 Å². The van der Waals surface area contributed by atoms with Gasteiger partial charge in [0.2, 0.25) is 0 Å². The number of hydrogen-bond acceptors (Lipinski definition) is 3. The maximum Gasteiger partial charge on any atom is 0.314 e. The van der Waals surface area contributed by atoms with Crippen LogP contribution in [0.1, 0.15) is 25.7 Å². The van der Waals surface area contributed by atoms with Crippen molar-refractivity contribution in [2.24, 2.45) is 0 Å². The summed E-state index contributed by atoms with van der Waals surface area (Å²) in [7, 11) is 0. The summed E-state index contributed by atoms with van der Waals surface area (Å²) in [5, 5.41) is 18.7. The van der Waals surface area contributed by atoms with Crippen molar-refractivity contribution < 1.29 is 19.8 Å². The van der Waals surface area contributed by atoms with Crippen LogP contribution in [0.15, 0.2) is 0 Å². The molecule has 1 heterocycles. The van der Waals surface area contributed by atoms with Gasteiger partial charge in [0.1, 0.15) is 6.42 Å². The minimum Gasteiger partial charge on any atom is -0.481 e. The van der Waals surface area contributed by atoms with Crippen LogP contribution < -0.4 is 5.32 Å². The van der Waals surface area contributed by atoms with Crippen LogP contribution in [-0.2, 0) is 9.59 Å². The highest BCUT2D eigenvalue weighted by Gasteiger charge is 2.01. The number of hydrogen-bond donors (Lipinski definition) is 3. The van der Waals surface area contributed by atoms with Gasteiger partial charge in [0.05, 0.1) is 0 Å². The molecule has 1 saturated heterocycles. The van der Waals surface area contributed by atoms with E-state index in [2.05, 4.69) is 5.32 Å². The number of nitrogens with one attached hydrogen (secondary N) is 1. The molecule has 3 N–H and O–H groups in total. The molecule has 5 heteroatoms. The summed E-state index contributed by atoms with van der Waals surface area (Å²) in [4.78, 5) is 18.9. The molecule has 0 unspecified atom stereocenters. The minimum atomic E-state index is -1.31. The summed E-state index contributed by atoms with van der Waals surface area (Å²) in [5.74, 6) is -2.62. The van der Waals surface area contributed by atoms with Crippen molar-refractivity contribution in [2.45, 2.75) is 25.7 Å². The molecule has 1 rings (SSSR count). The molecule has 1 aliphatic heterocycles. The number of carbonyl (C=O) groups is 2. The van der Waals surface area contributed by atoms with Crippen LogP contribution in [0.5, 0.6) is 0 Å². The SMILES string of the molecule is C1CCNCC1.O=C(O)CC(=O)O. The molecule has 0 atom stereocenters. The second-order valence-electron chi connectivity index (χ2n) is 2.77. The number of aliphatic carboxylic acids is 2. The molecule has 76 valence electrons. The number of carboxylic acid groups (broad SMARTS) is 2. The number of rotatable bonds is 2. The first kappa shape index (κ1) is 11.9. The molecular weight excluding hydrogens is 174 g/mol. The van der Waals surface area contributed by atoms with Crippen LogP contribution >= 0.6 is 0 Å². The van der Waals surface area contributed by atoms with Crippen molar-refractivity contribution in [2.75, 3.05) is 13.1 Å².